The minimum Gasteiger partial charge on any atom is -0.481 e. The molecule has 0 aromatic heterocycles. The highest BCUT2D eigenvalue weighted by atomic mass is 35.5. The number of aliphatic carboxylic acids is 1. The van der Waals surface area contributed by atoms with Crippen LogP contribution in [0, 0.1) is 5.92 Å². The van der Waals surface area contributed by atoms with Gasteiger partial charge in [-0.3, -0.25) is 4.79 Å². The highest BCUT2D eigenvalue weighted by Gasteiger charge is 2.17. The molecule has 1 aromatic rings. The maximum Gasteiger partial charge on any atom is 0.306 e. The molecule has 1 rings (SSSR count). The number of hydrogen-bond donors (Lipinski definition) is 1. The fraction of sp³-hybridized carbons (Fsp3) is 0.611. The summed E-state index contributed by atoms with van der Waals surface area (Å²) < 4.78 is 0. The minimum absolute atomic E-state index is 0.292. The number of rotatable bonds is 11. The van der Waals surface area contributed by atoms with Crippen molar-refractivity contribution in [2.45, 2.75) is 64.7 Å². The summed E-state index contributed by atoms with van der Waals surface area (Å²) in [7, 11) is 0. The second-order valence-corrected chi connectivity index (χ2v) is 6.22. The van der Waals surface area contributed by atoms with Crippen molar-refractivity contribution in [2.75, 3.05) is 0 Å². The molecule has 0 amide bonds. The van der Waals surface area contributed by atoms with Crippen LogP contribution >= 0.6 is 11.6 Å². The Kier molecular flexibility index (Phi) is 9.16. The summed E-state index contributed by atoms with van der Waals surface area (Å²) in [5, 5.41) is 10.0. The molecule has 0 heterocycles. The summed E-state index contributed by atoms with van der Waals surface area (Å²) >= 11 is 5.95. The monoisotopic (exact) mass is 310 g/mol. The Bertz CT molecular complexity index is 417. The number of hydrogen-bond acceptors (Lipinski definition) is 1. The number of carbonyl (C=O) groups is 1. The topological polar surface area (TPSA) is 37.3 Å². The Morgan fingerprint density at radius 3 is 2.43 bits per heavy atom. The Hall–Kier alpha value is -1.02. The molecule has 118 valence electrons. The fourth-order valence-corrected chi connectivity index (χ4v) is 2.82. The van der Waals surface area contributed by atoms with Crippen molar-refractivity contribution < 1.29 is 9.90 Å². The summed E-state index contributed by atoms with van der Waals surface area (Å²) in [5.41, 5.74) is 1.01. The van der Waals surface area contributed by atoms with E-state index in [1.807, 2.05) is 24.3 Å². The third-order valence-electron chi connectivity index (χ3n) is 3.88. The first-order valence-electron chi connectivity index (χ1n) is 8.10. The molecule has 0 spiro atoms. The van der Waals surface area contributed by atoms with Crippen LogP contribution in [0.1, 0.15) is 63.9 Å². The zero-order chi connectivity index (χ0) is 15.5. The standard InChI is InChI=1S/C18H27ClO2/c1-2-3-4-5-6-7-8-11-16(18(20)21)13-15-10-9-12-17(19)14-15/h9-10,12,14,16H,2-8,11,13H2,1H3,(H,20,21). The van der Waals surface area contributed by atoms with Gasteiger partial charge in [-0.25, -0.2) is 0 Å². The highest BCUT2D eigenvalue weighted by Crippen LogP contribution is 2.19. The van der Waals surface area contributed by atoms with E-state index in [9.17, 15) is 9.90 Å². The minimum atomic E-state index is -0.694. The summed E-state index contributed by atoms with van der Waals surface area (Å²) in [6, 6.07) is 7.51. The molecule has 0 aliphatic heterocycles. The summed E-state index contributed by atoms with van der Waals surface area (Å²) in [6.45, 7) is 2.22. The molecule has 0 saturated carbocycles. The van der Waals surface area contributed by atoms with Crippen LogP contribution in [0.25, 0.3) is 0 Å². The lowest BCUT2D eigenvalue weighted by Gasteiger charge is -2.12. The Morgan fingerprint density at radius 2 is 1.81 bits per heavy atom. The normalized spacial score (nSPS) is 12.3. The Balaban J connectivity index is 2.29. The summed E-state index contributed by atoms with van der Waals surface area (Å²) in [6.07, 6.45) is 9.87. The van der Waals surface area contributed by atoms with Crippen LogP contribution in [0.15, 0.2) is 24.3 Å². The van der Waals surface area contributed by atoms with Gasteiger partial charge in [0.05, 0.1) is 5.92 Å². The van der Waals surface area contributed by atoms with Crippen molar-refractivity contribution in [3.05, 3.63) is 34.9 Å². The first-order chi connectivity index (χ1) is 10.1. The number of carboxylic acid groups (broad SMARTS) is 1. The van der Waals surface area contributed by atoms with Gasteiger partial charge in [-0.05, 0) is 30.5 Å². The molecule has 2 nitrogen and oxygen atoms in total. The zero-order valence-corrected chi connectivity index (χ0v) is 13.7. The average molecular weight is 311 g/mol. The Morgan fingerprint density at radius 1 is 1.14 bits per heavy atom. The number of unbranched alkanes of at least 4 members (excludes halogenated alkanes) is 6. The second-order valence-electron chi connectivity index (χ2n) is 5.78. The molecule has 0 fully saturated rings. The number of carboxylic acids is 1. The van der Waals surface area contributed by atoms with Crippen LogP contribution in [-0.4, -0.2) is 11.1 Å². The smallest absolute Gasteiger partial charge is 0.306 e. The summed E-state index contributed by atoms with van der Waals surface area (Å²) in [5.74, 6) is -0.986. The molecule has 0 bridgehead atoms. The van der Waals surface area contributed by atoms with Gasteiger partial charge in [0, 0.05) is 5.02 Å². The van der Waals surface area contributed by atoms with Crippen molar-refractivity contribution >= 4 is 17.6 Å². The van der Waals surface area contributed by atoms with Gasteiger partial charge in [0.25, 0.3) is 0 Å². The molecule has 0 saturated heterocycles. The van der Waals surface area contributed by atoms with E-state index in [-0.39, 0.29) is 5.92 Å². The molecular formula is C18H27ClO2. The van der Waals surface area contributed by atoms with E-state index in [2.05, 4.69) is 6.92 Å². The molecule has 1 aromatic carbocycles. The number of halogens is 1. The lowest BCUT2D eigenvalue weighted by Crippen LogP contribution is -2.16. The Labute approximate surface area is 133 Å². The van der Waals surface area contributed by atoms with Crippen LogP contribution in [0.4, 0.5) is 0 Å². The van der Waals surface area contributed by atoms with Crippen molar-refractivity contribution in [1.82, 2.24) is 0 Å². The predicted octanol–water partition coefficient (Wildman–Crippen LogP) is 5.72. The van der Waals surface area contributed by atoms with Crippen LogP contribution < -0.4 is 0 Å². The van der Waals surface area contributed by atoms with Crippen LogP contribution in [0.5, 0.6) is 0 Å². The van der Waals surface area contributed by atoms with E-state index in [0.717, 1.165) is 24.8 Å². The van der Waals surface area contributed by atoms with Gasteiger partial charge in [0.1, 0.15) is 0 Å². The average Bonchev–Trinajstić information content (AvgIpc) is 2.45. The van der Waals surface area contributed by atoms with Gasteiger partial charge < -0.3 is 5.11 Å². The number of benzene rings is 1. The molecule has 21 heavy (non-hydrogen) atoms. The SMILES string of the molecule is CCCCCCCCCC(Cc1cccc(Cl)c1)C(=O)O. The largest absolute Gasteiger partial charge is 0.481 e. The van der Waals surface area contributed by atoms with E-state index < -0.39 is 5.97 Å². The first-order valence-corrected chi connectivity index (χ1v) is 8.48. The van der Waals surface area contributed by atoms with Gasteiger partial charge in [-0.2, -0.15) is 0 Å². The predicted molar refractivity (Wildman–Crippen MR) is 88.9 cm³/mol. The molecular weight excluding hydrogens is 284 g/mol. The van der Waals surface area contributed by atoms with E-state index in [4.69, 9.17) is 11.6 Å². The van der Waals surface area contributed by atoms with Gasteiger partial charge in [-0.1, -0.05) is 75.6 Å². The lowest BCUT2D eigenvalue weighted by molar-refractivity contribution is -0.142. The van der Waals surface area contributed by atoms with Gasteiger partial charge in [0.15, 0.2) is 0 Å². The van der Waals surface area contributed by atoms with E-state index in [1.54, 1.807) is 0 Å². The van der Waals surface area contributed by atoms with E-state index >= 15 is 0 Å². The van der Waals surface area contributed by atoms with E-state index in [0.29, 0.717) is 11.4 Å². The zero-order valence-electron chi connectivity index (χ0n) is 13.0. The van der Waals surface area contributed by atoms with Crippen molar-refractivity contribution in [2.24, 2.45) is 5.92 Å². The molecule has 1 unspecified atom stereocenters. The van der Waals surface area contributed by atoms with Crippen LogP contribution in [-0.2, 0) is 11.2 Å². The summed E-state index contributed by atoms with van der Waals surface area (Å²) in [4.78, 5) is 11.4. The molecule has 3 heteroatoms. The third-order valence-corrected chi connectivity index (χ3v) is 4.11. The van der Waals surface area contributed by atoms with Gasteiger partial charge >= 0.3 is 5.97 Å². The maximum absolute atomic E-state index is 11.4. The maximum atomic E-state index is 11.4. The second kappa shape index (κ2) is 10.7. The fourth-order valence-electron chi connectivity index (χ4n) is 2.61. The highest BCUT2D eigenvalue weighted by molar-refractivity contribution is 6.30. The van der Waals surface area contributed by atoms with Crippen molar-refractivity contribution in [3.8, 4) is 0 Å². The van der Waals surface area contributed by atoms with Gasteiger partial charge in [-0.15, -0.1) is 0 Å². The van der Waals surface area contributed by atoms with Gasteiger partial charge in [0.2, 0.25) is 0 Å². The first kappa shape index (κ1) is 18.0. The molecule has 0 radical (unpaired) electrons. The van der Waals surface area contributed by atoms with Crippen LogP contribution in [0.2, 0.25) is 5.02 Å². The molecule has 1 atom stereocenters. The molecule has 0 aliphatic rings. The van der Waals surface area contributed by atoms with E-state index in [1.165, 1.54) is 32.1 Å². The van der Waals surface area contributed by atoms with Crippen molar-refractivity contribution in [1.29, 1.82) is 0 Å². The lowest BCUT2D eigenvalue weighted by atomic mass is 9.93. The molecule has 1 N–H and O–H groups in total. The van der Waals surface area contributed by atoms with Crippen molar-refractivity contribution in [3.63, 3.8) is 0 Å². The molecule has 0 aliphatic carbocycles. The van der Waals surface area contributed by atoms with Crippen LogP contribution in [0.3, 0.4) is 0 Å². The quantitative estimate of drug-likeness (QED) is 0.530. The third kappa shape index (κ3) is 8.11.